The molecule has 1 aliphatic carbocycles. The first-order valence-corrected chi connectivity index (χ1v) is 15.3. The fraction of sp³-hybridized carbons (Fsp3) is 0.387. The summed E-state index contributed by atoms with van der Waals surface area (Å²) in [5, 5.41) is 0.00504. The molecule has 0 spiro atoms. The van der Waals surface area contributed by atoms with E-state index >= 15 is 0 Å². The number of aromatic nitrogens is 1. The van der Waals surface area contributed by atoms with Gasteiger partial charge >= 0.3 is 0 Å². The molecule has 2 aliphatic rings. The van der Waals surface area contributed by atoms with Crippen LogP contribution >= 0.6 is 0 Å². The van der Waals surface area contributed by atoms with Crippen LogP contribution < -0.4 is 9.80 Å². The second-order valence-electron chi connectivity index (χ2n) is 11.1. The maximum absolute atomic E-state index is 14.2. The first-order chi connectivity index (χ1) is 19.1. The van der Waals surface area contributed by atoms with Crippen molar-refractivity contribution in [2.24, 2.45) is 5.92 Å². The van der Waals surface area contributed by atoms with Crippen LogP contribution in [0.25, 0.3) is 0 Å². The van der Waals surface area contributed by atoms with Gasteiger partial charge in [-0.3, -0.25) is 14.5 Å². The molecule has 210 valence electrons. The molecule has 0 radical (unpaired) electrons. The number of anilines is 3. The van der Waals surface area contributed by atoms with E-state index in [-0.39, 0.29) is 34.6 Å². The predicted molar refractivity (Wildman–Crippen MR) is 155 cm³/mol. The number of carbonyl (C=O) groups excluding carboxylic acids is 2. The lowest BCUT2D eigenvalue weighted by Gasteiger charge is -2.42. The van der Waals surface area contributed by atoms with Gasteiger partial charge < -0.3 is 9.64 Å². The van der Waals surface area contributed by atoms with Crippen LogP contribution in [-0.2, 0) is 19.4 Å². The summed E-state index contributed by atoms with van der Waals surface area (Å²) in [5.74, 6) is -0.197. The minimum Gasteiger partial charge on any atom is -0.376 e. The number of ether oxygens (including phenoxy) is 1. The van der Waals surface area contributed by atoms with Gasteiger partial charge in [0.25, 0.3) is 5.91 Å². The van der Waals surface area contributed by atoms with Gasteiger partial charge in [0.15, 0.2) is 14.9 Å². The number of pyridine rings is 1. The van der Waals surface area contributed by atoms with Crippen molar-refractivity contribution in [3.05, 3.63) is 78.5 Å². The third-order valence-electron chi connectivity index (χ3n) is 7.63. The highest BCUT2D eigenvalue weighted by Gasteiger charge is 2.42. The number of benzene rings is 2. The van der Waals surface area contributed by atoms with Crippen LogP contribution in [0.3, 0.4) is 0 Å². The Morgan fingerprint density at radius 3 is 2.27 bits per heavy atom. The molecule has 1 atom stereocenters. The zero-order valence-electron chi connectivity index (χ0n) is 23.1. The largest absolute Gasteiger partial charge is 0.376 e. The average molecular weight is 562 g/mol. The van der Waals surface area contributed by atoms with Crippen LogP contribution in [-0.4, -0.2) is 49.2 Å². The van der Waals surface area contributed by atoms with Gasteiger partial charge in [0.05, 0.1) is 29.3 Å². The molecule has 1 aliphatic heterocycles. The van der Waals surface area contributed by atoms with Crippen molar-refractivity contribution in [2.75, 3.05) is 22.2 Å². The van der Waals surface area contributed by atoms with Crippen molar-refractivity contribution in [2.45, 2.75) is 63.1 Å². The standard InChI is InChI=1S/C31H35N3O5S/c1-22(35)33(27-16-17-29(32-20-27)40(37,38)21-23-14-15-23)26-12-7-9-24(19-26)30(36)34(25-10-5-4-6-11-25)31(2,3)28-13-8-18-39-28/h4-7,9-12,16-17,19-20,23,28H,8,13-15,18,21H2,1-3H3. The molecule has 8 nitrogen and oxygen atoms in total. The first kappa shape index (κ1) is 28.0. The van der Waals surface area contributed by atoms with Crippen LogP contribution in [0.15, 0.2) is 78.0 Å². The normalized spacial score (nSPS) is 17.4. The molecule has 1 unspecified atom stereocenters. The predicted octanol–water partition coefficient (Wildman–Crippen LogP) is 5.55. The molecule has 2 aromatic carbocycles. The summed E-state index contributed by atoms with van der Waals surface area (Å²) in [4.78, 5) is 34.4. The number of hydrogen-bond donors (Lipinski definition) is 0. The Labute approximate surface area is 235 Å². The van der Waals surface area contributed by atoms with Gasteiger partial charge in [-0.25, -0.2) is 13.4 Å². The van der Waals surface area contributed by atoms with E-state index in [0.717, 1.165) is 31.4 Å². The summed E-state index contributed by atoms with van der Waals surface area (Å²) < 4.78 is 31.3. The highest BCUT2D eigenvalue weighted by Crippen LogP contribution is 2.36. The summed E-state index contributed by atoms with van der Waals surface area (Å²) in [5.41, 5.74) is 1.44. The molecule has 1 saturated carbocycles. The summed E-state index contributed by atoms with van der Waals surface area (Å²) in [6, 6.07) is 19.5. The Morgan fingerprint density at radius 2 is 1.68 bits per heavy atom. The molecular formula is C31H35N3O5S. The maximum Gasteiger partial charge on any atom is 0.258 e. The van der Waals surface area contributed by atoms with Gasteiger partial charge in [-0.2, -0.15) is 0 Å². The van der Waals surface area contributed by atoms with Gasteiger partial charge in [-0.15, -0.1) is 0 Å². The Bertz CT molecular complexity index is 1480. The van der Waals surface area contributed by atoms with Crippen LogP contribution in [0.5, 0.6) is 0 Å². The Kier molecular flexibility index (Phi) is 7.79. The smallest absolute Gasteiger partial charge is 0.258 e. The van der Waals surface area contributed by atoms with Crippen LogP contribution in [0.2, 0.25) is 0 Å². The fourth-order valence-electron chi connectivity index (χ4n) is 5.36. The molecule has 2 amide bonds. The van der Waals surface area contributed by atoms with E-state index in [1.807, 2.05) is 44.2 Å². The number of sulfone groups is 1. The van der Waals surface area contributed by atoms with Crippen LogP contribution in [0.4, 0.5) is 17.1 Å². The number of rotatable bonds is 9. The van der Waals surface area contributed by atoms with Crippen molar-refractivity contribution in [3.63, 3.8) is 0 Å². The lowest BCUT2D eigenvalue weighted by atomic mass is 9.91. The second-order valence-corrected chi connectivity index (χ2v) is 13.1. The molecular weight excluding hydrogens is 526 g/mol. The molecule has 1 saturated heterocycles. The highest BCUT2D eigenvalue weighted by molar-refractivity contribution is 7.91. The lowest BCUT2D eigenvalue weighted by molar-refractivity contribution is -0.115. The monoisotopic (exact) mass is 561 g/mol. The number of hydrogen-bond acceptors (Lipinski definition) is 6. The SMILES string of the molecule is CC(=O)N(c1ccc(S(=O)(=O)CC2CC2)nc1)c1cccc(C(=O)N(c2ccccc2)C(C)(C)C2CCCO2)c1. The van der Waals surface area contributed by atoms with E-state index in [0.29, 0.717) is 23.5 Å². The van der Waals surface area contributed by atoms with Gasteiger partial charge in [-0.1, -0.05) is 24.3 Å². The molecule has 9 heteroatoms. The number of amides is 2. The zero-order chi connectivity index (χ0) is 28.5. The molecule has 0 N–H and O–H groups in total. The average Bonchev–Trinajstić information content (AvgIpc) is 3.54. The van der Waals surface area contributed by atoms with Gasteiger partial charge in [0.2, 0.25) is 5.91 Å². The molecule has 3 aromatic rings. The second kappa shape index (κ2) is 11.1. The third-order valence-corrected chi connectivity index (χ3v) is 9.42. The van der Waals surface area contributed by atoms with Crippen molar-refractivity contribution < 1.29 is 22.7 Å². The van der Waals surface area contributed by atoms with E-state index < -0.39 is 15.4 Å². The van der Waals surface area contributed by atoms with Gasteiger partial charge in [-0.05, 0) is 87.9 Å². The Balaban J connectivity index is 1.47. The summed E-state index contributed by atoms with van der Waals surface area (Å²) in [6.07, 6.45) is 4.94. The summed E-state index contributed by atoms with van der Waals surface area (Å²) >= 11 is 0. The zero-order valence-corrected chi connectivity index (χ0v) is 23.9. The van der Waals surface area contributed by atoms with Crippen molar-refractivity contribution >= 4 is 38.7 Å². The molecule has 2 heterocycles. The quantitative estimate of drug-likeness (QED) is 0.340. The van der Waals surface area contributed by atoms with E-state index in [1.54, 1.807) is 35.2 Å². The van der Waals surface area contributed by atoms with Crippen LogP contribution in [0.1, 0.15) is 56.8 Å². The molecule has 5 rings (SSSR count). The molecule has 0 bridgehead atoms. The fourth-order valence-corrected chi connectivity index (χ4v) is 6.97. The van der Waals surface area contributed by atoms with E-state index in [4.69, 9.17) is 4.74 Å². The number of carbonyl (C=O) groups is 2. The molecule has 1 aromatic heterocycles. The Hall–Kier alpha value is -3.56. The van der Waals surface area contributed by atoms with Crippen molar-refractivity contribution in [1.82, 2.24) is 4.98 Å². The molecule has 2 fully saturated rings. The van der Waals surface area contributed by atoms with Crippen molar-refractivity contribution in [3.8, 4) is 0 Å². The highest BCUT2D eigenvalue weighted by atomic mass is 32.2. The summed E-state index contributed by atoms with van der Waals surface area (Å²) in [7, 11) is -3.47. The van der Waals surface area contributed by atoms with Crippen molar-refractivity contribution in [1.29, 1.82) is 0 Å². The minimum atomic E-state index is -3.47. The van der Waals surface area contributed by atoms with Gasteiger partial charge in [0, 0.05) is 30.5 Å². The van der Waals surface area contributed by atoms with E-state index in [1.165, 1.54) is 24.1 Å². The number of nitrogens with zero attached hydrogens (tertiary/aromatic N) is 3. The molecule has 40 heavy (non-hydrogen) atoms. The van der Waals surface area contributed by atoms with Gasteiger partial charge in [0.1, 0.15) is 0 Å². The van der Waals surface area contributed by atoms with E-state index in [9.17, 15) is 18.0 Å². The number of para-hydroxylation sites is 1. The lowest BCUT2D eigenvalue weighted by Crippen LogP contribution is -2.55. The first-order valence-electron chi connectivity index (χ1n) is 13.7. The van der Waals surface area contributed by atoms with Crippen LogP contribution in [0, 0.1) is 5.92 Å². The summed E-state index contributed by atoms with van der Waals surface area (Å²) in [6.45, 7) is 6.12. The third kappa shape index (κ3) is 5.81. The maximum atomic E-state index is 14.2. The van der Waals surface area contributed by atoms with E-state index in [2.05, 4.69) is 4.98 Å². The topological polar surface area (TPSA) is 96.9 Å². The Morgan fingerprint density at radius 1 is 0.950 bits per heavy atom. The minimum absolute atomic E-state index is 0.00504.